The van der Waals surface area contributed by atoms with E-state index in [9.17, 15) is 4.79 Å². The lowest BCUT2D eigenvalue weighted by molar-refractivity contribution is 0.558. The highest BCUT2D eigenvalue weighted by molar-refractivity contribution is 5.98. The number of rotatable bonds is 0. The summed E-state index contributed by atoms with van der Waals surface area (Å²) in [6, 6.07) is 3.71. The summed E-state index contributed by atoms with van der Waals surface area (Å²) in [4.78, 5) is 22.0. The van der Waals surface area contributed by atoms with Crippen LogP contribution in [0.3, 0.4) is 0 Å². The molecule has 0 amide bonds. The Morgan fingerprint density at radius 1 is 1.40 bits per heavy atom. The van der Waals surface area contributed by atoms with Crippen LogP contribution in [-0.4, -0.2) is 15.0 Å². The second kappa shape index (κ2) is 2.66. The monoisotopic (exact) mass is 201 g/mol. The van der Waals surface area contributed by atoms with E-state index < -0.39 is 5.76 Å². The molecule has 0 spiro atoms. The highest BCUT2D eigenvalue weighted by Crippen LogP contribution is 2.19. The summed E-state index contributed by atoms with van der Waals surface area (Å²) < 4.78 is 5.03. The molecule has 3 rings (SSSR count). The fourth-order valence-electron chi connectivity index (χ4n) is 1.58. The van der Waals surface area contributed by atoms with Crippen molar-refractivity contribution in [1.82, 2.24) is 15.0 Å². The molecule has 74 valence electrons. The Hall–Kier alpha value is -2.17. The number of aryl methyl sites for hydroxylation is 1. The molecule has 3 aromatic heterocycles. The summed E-state index contributed by atoms with van der Waals surface area (Å²) in [6.45, 7) is 1.89. The van der Waals surface area contributed by atoms with Gasteiger partial charge >= 0.3 is 5.76 Å². The summed E-state index contributed by atoms with van der Waals surface area (Å²) in [5.74, 6) is -0.472. The van der Waals surface area contributed by atoms with Gasteiger partial charge in [-0.1, -0.05) is 0 Å². The minimum atomic E-state index is -0.472. The first kappa shape index (κ1) is 8.16. The summed E-state index contributed by atoms with van der Waals surface area (Å²) in [7, 11) is 0. The van der Waals surface area contributed by atoms with Crippen molar-refractivity contribution in [3.05, 3.63) is 34.6 Å². The van der Waals surface area contributed by atoms with Crippen LogP contribution in [0, 0.1) is 6.92 Å². The van der Waals surface area contributed by atoms with Crippen LogP contribution in [0.15, 0.2) is 27.5 Å². The van der Waals surface area contributed by atoms with E-state index in [1.807, 2.05) is 19.1 Å². The second-order valence-electron chi connectivity index (χ2n) is 3.34. The van der Waals surface area contributed by atoms with E-state index in [0.29, 0.717) is 16.7 Å². The Morgan fingerprint density at radius 2 is 2.27 bits per heavy atom. The molecule has 0 aliphatic rings. The zero-order chi connectivity index (χ0) is 10.4. The minimum Gasteiger partial charge on any atom is -0.407 e. The standard InChI is InChI=1S/C10H7N3O2/c1-5-2-3-6-8-7(13-10(14)15-8)4-11-9(6)12-5/h2-4H,1H3,(H,13,14). The fourth-order valence-corrected chi connectivity index (χ4v) is 1.58. The van der Waals surface area contributed by atoms with Crippen molar-refractivity contribution in [2.45, 2.75) is 6.92 Å². The summed E-state index contributed by atoms with van der Waals surface area (Å²) in [5, 5.41) is 0.747. The highest BCUT2D eigenvalue weighted by atomic mass is 16.4. The topological polar surface area (TPSA) is 71.8 Å². The molecule has 0 saturated carbocycles. The predicted octanol–water partition coefficient (Wildman–Crippen LogP) is 1.37. The van der Waals surface area contributed by atoms with Gasteiger partial charge in [0.25, 0.3) is 0 Å². The maximum Gasteiger partial charge on any atom is 0.417 e. The van der Waals surface area contributed by atoms with Gasteiger partial charge in [0.05, 0.1) is 11.6 Å². The molecule has 0 bridgehead atoms. The van der Waals surface area contributed by atoms with Gasteiger partial charge in [0.15, 0.2) is 11.2 Å². The van der Waals surface area contributed by atoms with E-state index in [-0.39, 0.29) is 0 Å². The molecule has 0 unspecified atom stereocenters. The average molecular weight is 201 g/mol. The highest BCUT2D eigenvalue weighted by Gasteiger charge is 2.07. The first-order valence-corrected chi connectivity index (χ1v) is 4.49. The molecule has 15 heavy (non-hydrogen) atoms. The van der Waals surface area contributed by atoms with E-state index in [2.05, 4.69) is 15.0 Å². The number of aromatic amines is 1. The van der Waals surface area contributed by atoms with Crippen molar-refractivity contribution in [2.24, 2.45) is 0 Å². The SMILES string of the molecule is Cc1ccc2c(ncc3[nH]c(=O)oc32)n1. The predicted molar refractivity (Wildman–Crippen MR) is 54.7 cm³/mol. The molecule has 0 saturated heterocycles. The molecule has 5 nitrogen and oxygen atoms in total. The zero-order valence-electron chi connectivity index (χ0n) is 7.94. The van der Waals surface area contributed by atoms with Gasteiger partial charge < -0.3 is 4.42 Å². The number of nitrogens with one attached hydrogen (secondary N) is 1. The van der Waals surface area contributed by atoms with E-state index in [0.717, 1.165) is 11.1 Å². The minimum absolute atomic E-state index is 0.472. The van der Waals surface area contributed by atoms with Crippen molar-refractivity contribution in [3.8, 4) is 0 Å². The number of oxazole rings is 1. The first-order valence-electron chi connectivity index (χ1n) is 4.49. The van der Waals surface area contributed by atoms with Crippen molar-refractivity contribution < 1.29 is 4.42 Å². The van der Waals surface area contributed by atoms with Gasteiger partial charge in [-0.2, -0.15) is 0 Å². The summed E-state index contributed by atoms with van der Waals surface area (Å²) in [6.07, 6.45) is 1.55. The Balaban J connectivity index is 2.59. The lowest BCUT2D eigenvalue weighted by atomic mass is 10.2. The molecule has 0 radical (unpaired) electrons. The van der Waals surface area contributed by atoms with Gasteiger partial charge in [0, 0.05) is 5.69 Å². The molecule has 0 aliphatic carbocycles. The maximum absolute atomic E-state index is 11.0. The lowest BCUT2D eigenvalue weighted by Gasteiger charge is -1.97. The van der Waals surface area contributed by atoms with Crippen LogP contribution in [0.5, 0.6) is 0 Å². The fraction of sp³-hybridized carbons (Fsp3) is 0.100. The third kappa shape index (κ3) is 1.13. The number of hydrogen-bond donors (Lipinski definition) is 1. The van der Waals surface area contributed by atoms with Gasteiger partial charge in [-0.05, 0) is 19.1 Å². The molecule has 0 atom stereocenters. The van der Waals surface area contributed by atoms with Gasteiger partial charge in [-0.25, -0.2) is 14.8 Å². The van der Waals surface area contributed by atoms with Crippen molar-refractivity contribution in [2.75, 3.05) is 0 Å². The number of H-pyrrole nitrogens is 1. The molecule has 3 heterocycles. The quantitative estimate of drug-likeness (QED) is 0.596. The normalized spacial score (nSPS) is 11.3. The van der Waals surface area contributed by atoms with E-state index in [1.165, 1.54) is 0 Å². The number of nitrogens with zero attached hydrogens (tertiary/aromatic N) is 2. The summed E-state index contributed by atoms with van der Waals surface area (Å²) in [5.41, 5.74) is 2.58. The zero-order valence-corrected chi connectivity index (χ0v) is 7.94. The molecule has 1 N–H and O–H groups in total. The molecule has 3 aromatic rings. The number of hydrogen-bond acceptors (Lipinski definition) is 4. The Labute approximate surface area is 83.8 Å². The van der Waals surface area contributed by atoms with Gasteiger partial charge in [-0.15, -0.1) is 0 Å². The molecule has 0 aliphatic heterocycles. The Bertz CT molecular complexity index is 711. The Kier molecular flexibility index (Phi) is 1.45. The molecular formula is C10H7N3O2. The lowest BCUT2D eigenvalue weighted by Crippen LogP contribution is -1.92. The van der Waals surface area contributed by atoms with E-state index in [1.54, 1.807) is 6.20 Å². The van der Waals surface area contributed by atoms with Crippen LogP contribution in [0.2, 0.25) is 0 Å². The van der Waals surface area contributed by atoms with Crippen LogP contribution < -0.4 is 5.76 Å². The van der Waals surface area contributed by atoms with E-state index in [4.69, 9.17) is 4.42 Å². The molecule has 0 fully saturated rings. The van der Waals surface area contributed by atoms with Crippen molar-refractivity contribution in [1.29, 1.82) is 0 Å². The number of fused-ring (bicyclic) bond motifs is 3. The van der Waals surface area contributed by atoms with Gasteiger partial charge in [-0.3, -0.25) is 4.98 Å². The van der Waals surface area contributed by atoms with Gasteiger partial charge in [0.1, 0.15) is 5.52 Å². The molecule has 0 aromatic carbocycles. The number of pyridine rings is 2. The second-order valence-corrected chi connectivity index (χ2v) is 3.34. The summed E-state index contributed by atoms with van der Waals surface area (Å²) >= 11 is 0. The van der Waals surface area contributed by atoms with Crippen LogP contribution >= 0.6 is 0 Å². The van der Waals surface area contributed by atoms with Crippen molar-refractivity contribution in [3.63, 3.8) is 0 Å². The largest absolute Gasteiger partial charge is 0.417 e. The first-order chi connectivity index (χ1) is 7.24. The molecule has 5 heteroatoms. The third-order valence-electron chi connectivity index (χ3n) is 2.25. The third-order valence-corrected chi connectivity index (χ3v) is 2.25. The van der Waals surface area contributed by atoms with Crippen LogP contribution in [0.1, 0.15) is 5.69 Å². The van der Waals surface area contributed by atoms with E-state index >= 15 is 0 Å². The van der Waals surface area contributed by atoms with Gasteiger partial charge in [0.2, 0.25) is 0 Å². The van der Waals surface area contributed by atoms with Crippen LogP contribution in [-0.2, 0) is 0 Å². The average Bonchev–Trinajstić information content (AvgIpc) is 2.58. The van der Waals surface area contributed by atoms with Crippen molar-refractivity contribution >= 4 is 22.1 Å². The Morgan fingerprint density at radius 3 is 3.13 bits per heavy atom. The maximum atomic E-state index is 11.0. The van der Waals surface area contributed by atoms with Crippen LogP contribution in [0.4, 0.5) is 0 Å². The smallest absolute Gasteiger partial charge is 0.407 e. The molecular weight excluding hydrogens is 194 g/mol. The van der Waals surface area contributed by atoms with Crippen LogP contribution in [0.25, 0.3) is 22.1 Å². The number of aromatic nitrogens is 3.